The average molecular weight is 376 g/mol. The van der Waals surface area contributed by atoms with Crippen LogP contribution in [0.1, 0.15) is 5.56 Å². The van der Waals surface area contributed by atoms with E-state index in [0.717, 1.165) is 5.56 Å². The van der Waals surface area contributed by atoms with Crippen molar-refractivity contribution in [2.75, 3.05) is 11.1 Å². The molecular formula is C19H16N6OS. The molecule has 134 valence electrons. The summed E-state index contributed by atoms with van der Waals surface area (Å²) in [4.78, 5) is 16.3. The molecule has 8 heteroatoms. The SMILES string of the molecule is C=CCn1c(SCC(=O)Nc2ccccc2C#N)nnc1-c1ccncc1. The third-order valence-electron chi connectivity index (χ3n) is 3.62. The van der Waals surface area contributed by atoms with Crippen LogP contribution in [0.3, 0.4) is 0 Å². The molecule has 0 atom stereocenters. The van der Waals surface area contributed by atoms with E-state index in [-0.39, 0.29) is 11.7 Å². The number of thioether (sulfide) groups is 1. The minimum absolute atomic E-state index is 0.144. The highest BCUT2D eigenvalue weighted by Gasteiger charge is 2.15. The highest BCUT2D eigenvalue weighted by molar-refractivity contribution is 7.99. The minimum atomic E-state index is -0.221. The number of aromatic nitrogens is 4. The Morgan fingerprint density at radius 3 is 2.78 bits per heavy atom. The van der Waals surface area contributed by atoms with Crippen LogP contribution in [0.25, 0.3) is 11.4 Å². The molecule has 0 spiro atoms. The van der Waals surface area contributed by atoms with Gasteiger partial charge in [-0.15, -0.1) is 16.8 Å². The third kappa shape index (κ3) is 4.40. The van der Waals surface area contributed by atoms with Gasteiger partial charge in [-0.25, -0.2) is 0 Å². The van der Waals surface area contributed by atoms with E-state index in [1.54, 1.807) is 42.7 Å². The molecule has 0 aliphatic heterocycles. The van der Waals surface area contributed by atoms with Crippen LogP contribution in [0.2, 0.25) is 0 Å². The van der Waals surface area contributed by atoms with E-state index in [1.807, 2.05) is 16.7 Å². The van der Waals surface area contributed by atoms with Gasteiger partial charge < -0.3 is 5.32 Å². The molecule has 1 amide bonds. The van der Waals surface area contributed by atoms with Crippen LogP contribution < -0.4 is 5.32 Å². The first-order valence-electron chi connectivity index (χ1n) is 8.09. The van der Waals surface area contributed by atoms with Crippen LogP contribution >= 0.6 is 11.8 Å². The Bertz CT molecular complexity index is 993. The highest BCUT2D eigenvalue weighted by Crippen LogP contribution is 2.24. The zero-order chi connectivity index (χ0) is 19.1. The lowest BCUT2D eigenvalue weighted by Crippen LogP contribution is -2.15. The van der Waals surface area contributed by atoms with Crippen molar-refractivity contribution in [2.45, 2.75) is 11.7 Å². The number of nitriles is 1. The van der Waals surface area contributed by atoms with Crippen molar-refractivity contribution in [1.29, 1.82) is 5.26 Å². The summed E-state index contributed by atoms with van der Waals surface area (Å²) in [7, 11) is 0. The van der Waals surface area contributed by atoms with Gasteiger partial charge in [0.2, 0.25) is 5.91 Å². The number of allylic oxidation sites excluding steroid dienone is 1. The Morgan fingerprint density at radius 1 is 1.26 bits per heavy atom. The first-order valence-corrected chi connectivity index (χ1v) is 9.07. The van der Waals surface area contributed by atoms with Gasteiger partial charge in [-0.05, 0) is 24.3 Å². The molecule has 0 unspecified atom stereocenters. The number of para-hydroxylation sites is 1. The van der Waals surface area contributed by atoms with Crippen molar-refractivity contribution in [3.8, 4) is 17.5 Å². The van der Waals surface area contributed by atoms with Crippen molar-refractivity contribution < 1.29 is 4.79 Å². The Hall–Kier alpha value is -3.44. The Balaban J connectivity index is 1.72. The van der Waals surface area contributed by atoms with Gasteiger partial charge in [-0.3, -0.25) is 14.3 Å². The number of nitrogens with one attached hydrogen (secondary N) is 1. The number of amides is 1. The molecule has 2 heterocycles. The largest absolute Gasteiger partial charge is 0.324 e. The maximum absolute atomic E-state index is 12.3. The van der Waals surface area contributed by atoms with Gasteiger partial charge in [0.25, 0.3) is 0 Å². The Morgan fingerprint density at radius 2 is 2.04 bits per heavy atom. The van der Waals surface area contributed by atoms with Gasteiger partial charge in [0.1, 0.15) is 6.07 Å². The highest BCUT2D eigenvalue weighted by atomic mass is 32.2. The van der Waals surface area contributed by atoms with Crippen molar-refractivity contribution in [1.82, 2.24) is 19.7 Å². The number of hydrogen-bond acceptors (Lipinski definition) is 6. The summed E-state index contributed by atoms with van der Waals surface area (Å²) in [5.74, 6) is 0.613. The molecule has 0 radical (unpaired) electrons. The number of rotatable bonds is 7. The molecule has 3 rings (SSSR count). The number of hydrogen-bond donors (Lipinski definition) is 1. The number of carbonyl (C=O) groups excluding carboxylic acids is 1. The zero-order valence-electron chi connectivity index (χ0n) is 14.4. The Kier molecular flexibility index (Phi) is 5.97. The van der Waals surface area contributed by atoms with E-state index in [0.29, 0.717) is 28.8 Å². The van der Waals surface area contributed by atoms with Gasteiger partial charge in [-0.2, -0.15) is 5.26 Å². The predicted molar refractivity (Wildman–Crippen MR) is 104 cm³/mol. The predicted octanol–water partition coefficient (Wildman–Crippen LogP) is 3.13. The first-order chi connectivity index (χ1) is 13.2. The second kappa shape index (κ2) is 8.78. The van der Waals surface area contributed by atoms with Gasteiger partial charge in [0.15, 0.2) is 11.0 Å². The fourth-order valence-corrected chi connectivity index (χ4v) is 3.16. The molecular weight excluding hydrogens is 360 g/mol. The van der Waals surface area contributed by atoms with Gasteiger partial charge >= 0.3 is 0 Å². The second-order valence-corrected chi connectivity index (χ2v) is 6.38. The van der Waals surface area contributed by atoms with Crippen molar-refractivity contribution in [3.05, 3.63) is 67.0 Å². The summed E-state index contributed by atoms with van der Waals surface area (Å²) in [5.41, 5.74) is 1.81. The molecule has 3 aromatic rings. The number of anilines is 1. The van der Waals surface area contributed by atoms with E-state index >= 15 is 0 Å². The summed E-state index contributed by atoms with van der Waals surface area (Å²) in [5, 5.41) is 20.9. The number of pyridine rings is 1. The number of benzene rings is 1. The molecule has 0 bridgehead atoms. The van der Waals surface area contributed by atoms with E-state index in [2.05, 4.69) is 33.1 Å². The van der Waals surface area contributed by atoms with Crippen LogP contribution in [0.15, 0.2) is 66.6 Å². The minimum Gasteiger partial charge on any atom is -0.324 e. The fraction of sp³-hybridized carbons (Fsp3) is 0.105. The average Bonchev–Trinajstić information content (AvgIpc) is 3.10. The third-order valence-corrected chi connectivity index (χ3v) is 4.59. The van der Waals surface area contributed by atoms with Gasteiger partial charge in [0, 0.05) is 24.5 Å². The van der Waals surface area contributed by atoms with Crippen LogP contribution in [0, 0.1) is 11.3 Å². The van der Waals surface area contributed by atoms with Crippen molar-refractivity contribution in [3.63, 3.8) is 0 Å². The summed E-state index contributed by atoms with van der Waals surface area (Å²) < 4.78 is 1.89. The maximum atomic E-state index is 12.3. The molecule has 7 nitrogen and oxygen atoms in total. The second-order valence-electron chi connectivity index (χ2n) is 5.44. The Labute approximate surface area is 160 Å². The molecule has 0 aliphatic rings. The molecule has 1 N–H and O–H groups in total. The zero-order valence-corrected chi connectivity index (χ0v) is 15.2. The lowest BCUT2D eigenvalue weighted by Gasteiger charge is -2.08. The van der Waals surface area contributed by atoms with E-state index in [1.165, 1.54) is 11.8 Å². The monoisotopic (exact) mass is 376 g/mol. The quantitative estimate of drug-likeness (QED) is 0.503. The van der Waals surface area contributed by atoms with Crippen LogP contribution in [-0.4, -0.2) is 31.4 Å². The molecule has 0 fully saturated rings. The topological polar surface area (TPSA) is 96.5 Å². The van der Waals surface area contributed by atoms with Crippen molar-refractivity contribution in [2.24, 2.45) is 0 Å². The van der Waals surface area contributed by atoms with Crippen LogP contribution in [0.4, 0.5) is 5.69 Å². The van der Waals surface area contributed by atoms with E-state index in [4.69, 9.17) is 5.26 Å². The van der Waals surface area contributed by atoms with Gasteiger partial charge in [0.05, 0.1) is 17.0 Å². The van der Waals surface area contributed by atoms with E-state index < -0.39 is 0 Å². The number of nitrogens with zero attached hydrogens (tertiary/aromatic N) is 5. The standard InChI is InChI=1S/C19H16N6OS/c1-2-11-25-18(14-7-9-21-10-8-14)23-24-19(25)27-13-17(26)22-16-6-4-3-5-15(16)12-20/h2-10H,1,11,13H2,(H,22,26). The van der Waals surface area contributed by atoms with Crippen molar-refractivity contribution >= 4 is 23.4 Å². The lowest BCUT2D eigenvalue weighted by atomic mass is 10.2. The summed E-state index contributed by atoms with van der Waals surface area (Å²) in [6, 6.07) is 12.6. The molecule has 1 aromatic carbocycles. The molecule has 0 saturated carbocycles. The van der Waals surface area contributed by atoms with Gasteiger partial charge in [-0.1, -0.05) is 30.0 Å². The molecule has 0 aliphatic carbocycles. The summed E-state index contributed by atoms with van der Waals surface area (Å²) in [6.45, 7) is 4.29. The molecule has 0 saturated heterocycles. The molecule has 27 heavy (non-hydrogen) atoms. The van der Waals surface area contributed by atoms with E-state index in [9.17, 15) is 4.79 Å². The summed E-state index contributed by atoms with van der Waals surface area (Å²) in [6.07, 6.45) is 5.13. The fourth-order valence-electron chi connectivity index (χ4n) is 2.41. The lowest BCUT2D eigenvalue weighted by molar-refractivity contribution is -0.113. The summed E-state index contributed by atoms with van der Waals surface area (Å²) >= 11 is 1.27. The molecule has 2 aromatic heterocycles. The van der Waals surface area contributed by atoms with Crippen LogP contribution in [0.5, 0.6) is 0 Å². The normalized spacial score (nSPS) is 10.2. The maximum Gasteiger partial charge on any atom is 0.234 e. The first kappa shape index (κ1) is 18.4. The number of carbonyl (C=O) groups is 1. The van der Waals surface area contributed by atoms with Crippen LogP contribution in [-0.2, 0) is 11.3 Å². The smallest absolute Gasteiger partial charge is 0.234 e.